The van der Waals surface area contributed by atoms with E-state index in [4.69, 9.17) is 0 Å². The lowest BCUT2D eigenvalue weighted by Crippen LogP contribution is -2.60. The molecule has 0 aromatic heterocycles. The topological polar surface area (TPSA) is 0 Å². The Morgan fingerprint density at radius 1 is 0.542 bits per heavy atom. The number of rotatable bonds is 1. The highest BCUT2D eigenvalue weighted by molar-refractivity contribution is 6.97. The highest BCUT2D eigenvalue weighted by Gasteiger charge is 2.34. The van der Waals surface area contributed by atoms with Crippen LogP contribution in [0.4, 0.5) is 0 Å². The van der Waals surface area contributed by atoms with Gasteiger partial charge in [-0.05, 0) is 45.2 Å². The molecule has 0 unspecified atom stereocenters. The zero-order chi connectivity index (χ0) is 16.8. The maximum Gasteiger partial charge on any atom is 0.243 e. The molecule has 4 rings (SSSR count). The van der Waals surface area contributed by atoms with E-state index >= 15 is 0 Å². The van der Waals surface area contributed by atoms with E-state index in [9.17, 15) is 0 Å². The highest BCUT2D eigenvalue weighted by atomic mass is 14.2. The van der Waals surface area contributed by atoms with E-state index in [0.29, 0.717) is 6.71 Å². The summed E-state index contributed by atoms with van der Waals surface area (Å²) in [7, 11) is 0. The Kier molecular flexibility index (Phi) is 3.60. The summed E-state index contributed by atoms with van der Waals surface area (Å²) in [6, 6.07) is 20.3. The van der Waals surface area contributed by atoms with Crippen molar-refractivity contribution in [2.45, 2.75) is 34.1 Å². The van der Waals surface area contributed by atoms with E-state index in [0.717, 1.165) is 6.42 Å². The summed E-state index contributed by atoms with van der Waals surface area (Å²) in [4.78, 5) is 0. The zero-order valence-corrected chi connectivity index (χ0v) is 15.0. The summed E-state index contributed by atoms with van der Waals surface area (Å²) >= 11 is 0. The molecule has 0 saturated heterocycles. The Balaban J connectivity index is 2.10. The lowest BCUT2D eigenvalue weighted by atomic mass is 9.31. The van der Waals surface area contributed by atoms with Crippen LogP contribution in [-0.4, -0.2) is 6.71 Å². The molecule has 1 aliphatic heterocycles. The van der Waals surface area contributed by atoms with Crippen LogP contribution in [0.5, 0.6) is 0 Å². The minimum atomic E-state index is 0.354. The van der Waals surface area contributed by atoms with E-state index < -0.39 is 0 Å². The lowest BCUT2D eigenvalue weighted by molar-refractivity contribution is 1.19. The fraction of sp³-hybridized carbons (Fsp3) is 0.217. The van der Waals surface area contributed by atoms with E-state index in [1.165, 1.54) is 49.8 Å². The Bertz CT molecular complexity index is 832. The fourth-order valence-corrected chi connectivity index (χ4v) is 4.54. The molecule has 0 fully saturated rings. The first-order valence-electron chi connectivity index (χ1n) is 8.81. The van der Waals surface area contributed by atoms with Crippen LogP contribution < -0.4 is 16.4 Å². The summed E-state index contributed by atoms with van der Waals surface area (Å²) in [6.45, 7) is 9.40. The molecule has 0 spiro atoms. The molecule has 0 radical (unpaired) electrons. The first kappa shape index (κ1) is 15.3. The van der Waals surface area contributed by atoms with Crippen molar-refractivity contribution in [1.29, 1.82) is 0 Å². The van der Waals surface area contributed by atoms with Gasteiger partial charge < -0.3 is 0 Å². The molecule has 3 aromatic carbocycles. The first-order valence-corrected chi connectivity index (χ1v) is 8.81. The van der Waals surface area contributed by atoms with Gasteiger partial charge in [-0.25, -0.2) is 0 Å². The van der Waals surface area contributed by atoms with Gasteiger partial charge in [-0.15, -0.1) is 0 Å². The van der Waals surface area contributed by atoms with Crippen molar-refractivity contribution in [2.75, 3.05) is 0 Å². The molecule has 24 heavy (non-hydrogen) atoms. The third kappa shape index (κ3) is 2.23. The average Bonchev–Trinajstić information content (AvgIpc) is 2.54. The van der Waals surface area contributed by atoms with Crippen molar-refractivity contribution in [1.82, 2.24) is 0 Å². The smallest absolute Gasteiger partial charge is 0.0629 e. The van der Waals surface area contributed by atoms with Crippen LogP contribution in [0.3, 0.4) is 0 Å². The maximum absolute atomic E-state index is 2.31. The Labute approximate surface area is 145 Å². The Morgan fingerprint density at radius 2 is 0.917 bits per heavy atom. The lowest BCUT2D eigenvalue weighted by Gasteiger charge is -2.31. The normalized spacial score (nSPS) is 12.8. The molecule has 1 heterocycles. The summed E-state index contributed by atoms with van der Waals surface area (Å²) in [5.74, 6) is 0. The first-order chi connectivity index (χ1) is 11.6. The fourth-order valence-electron chi connectivity index (χ4n) is 4.54. The number of hydrogen-bond donors (Lipinski definition) is 0. The maximum atomic E-state index is 2.31. The summed E-state index contributed by atoms with van der Waals surface area (Å²) in [6.07, 6.45) is 1.05. The molecule has 0 aliphatic carbocycles. The van der Waals surface area contributed by atoms with Gasteiger partial charge in [-0.2, -0.15) is 0 Å². The van der Waals surface area contributed by atoms with Gasteiger partial charge in [0.1, 0.15) is 0 Å². The number of aryl methyl sites for hydroxylation is 4. The van der Waals surface area contributed by atoms with Crippen molar-refractivity contribution in [3.8, 4) is 0 Å². The molecule has 1 aliphatic rings. The standard InChI is InChI=1S/C23H23B/c1-15-8-5-9-16(2)21(15)24-22-17(3)10-6-12-19(22)14-20-13-7-11-18(4)23(20)24/h5-13H,14H2,1-4H3. The van der Waals surface area contributed by atoms with Gasteiger partial charge >= 0.3 is 0 Å². The van der Waals surface area contributed by atoms with E-state index in [1.54, 1.807) is 0 Å². The van der Waals surface area contributed by atoms with Gasteiger partial charge in [0, 0.05) is 0 Å². The van der Waals surface area contributed by atoms with Gasteiger partial charge in [-0.3, -0.25) is 0 Å². The molecular weight excluding hydrogens is 287 g/mol. The van der Waals surface area contributed by atoms with Gasteiger partial charge in [0.25, 0.3) is 0 Å². The van der Waals surface area contributed by atoms with Crippen molar-refractivity contribution in [3.63, 3.8) is 0 Å². The third-order valence-corrected chi connectivity index (χ3v) is 5.62. The van der Waals surface area contributed by atoms with Crippen molar-refractivity contribution >= 4 is 23.1 Å². The van der Waals surface area contributed by atoms with Crippen LogP contribution in [0.15, 0.2) is 54.6 Å². The van der Waals surface area contributed by atoms with Crippen LogP contribution >= 0.6 is 0 Å². The van der Waals surface area contributed by atoms with Gasteiger partial charge in [0.2, 0.25) is 6.71 Å². The monoisotopic (exact) mass is 310 g/mol. The second-order valence-corrected chi connectivity index (χ2v) is 7.21. The zero-order valence-electron chi connectivity index (χ0n) is 15.0. The largest absolute Gasteiger partial charge is 0.243 e. The van der Waals surface area contributed by atoms with Crippen LogP contribution in [0.25, 0.3) is 0 Å². The second-order valence-electron chi connectivity index (χ2n) is 7.21. The summed E-state index contributed by atoms with van der Waals surface area (Å²) < 4.78 is 0. The average molecular weight is 310 g/mol. The van der Waals surface area contributed by atoms with E-state index in [-0.39, 0.29) is 0 Å². The third-order valence-electron chi connectivity index (χ3n) is 5.62. The highest BCUT2D eigenvalue weighted by Crippen LogP contribution is 2.19. The number of hydrogen-bond acceptors (Lipinski definition) is 0. The second kappa shape index (κ2) is 5.67. The van der Waals surface area contributed by atoms with Gasteiger partial charge in [-0.1, -0.05) is 93.2 Å². The molecule has 118 valence electrons. The van der Waals surface area contributed by atoms with Crippen LogP contribution in [0.2, 0.25) is 0 Å². The predicted octanol–water partition coefficient (Wildman–Crippen LogP) is 3.34. The van der Waals surface area contributed by atoms with Crippen LogP contribution in [0.1, 0.15) is 33.4 Å². The Hall–Kier alpha value is -2.28. The molecule has 0 amide bonds. The van der Waals surface area contributed by atoms with Crippen LogP contribution in [0, 0.1) is 27.7 Å². The Morgan fingerprint density at radius 3 is 1.38 bits per heavy atom. The van der Waals surface area contributed by atoms with Crippen molar-refractivity contribution in [3.05, 3.63) is 88.0 Å². The molecule has 0 bridgehead atoms. The minimum Gasteiger partial charge on any atom is -0.0629 e. The van der Waals surface area contributed by atoms with Crippen molar-refractivity contribution in [2.24, 2.45) is 0 Å². The molecule has 1 heteroatoms. The molecular formula is C23H23B. The molecule has 0 saturated carbocycles. The van der Waals surface area contributed by atoms with Crippen LogP contribution in [-0.2, 0) is 6.42 Å². The predicted molar refractivity (Wildman–Crippen MR) is 106 cm³/mol. The SMILES string of the molecule is Cc1cccc(C)c1B1c2c(C)cccc2Cc2cccc(C)c21. The number of fused-ring (bicyclic) bond motifs is 2. The van der Waals surface area contributed by atoms with Crippen molar-refractivity contribution < 1.29 is 0 Å². The number of benzene rings is 3. The molecule has 3 aromatic rings. The van der Waals surface area contributed by atoms with Gasteiger partial charge in [0.05, 0.1) is 0 Å². The summed E-state index contributed by atoms with van der Waals surface area (Å²) in [5.41, 5.74) is 13.1. The minimum absolute atomic E-state index is 0.354. The quantitative estimate of drug-likeness (QED) is 0.473. The molecule has 0 atom stereocenters. The van der Waals surface area contributed by atoms with E-state index in [1.807, 2.05) is 0 Å². The summed E-state index contributed by atoms with van der Waals surface area (Å²) in [5, 5.41) is 0. The molecule has 0 nitrogen and oxygen atoms in total. The van der Waals surface area contributed by atoms with E-state index in [2.05, 4.69) is 82.3 Å². The molecule has 0 N–H and O–H groups in total. The van der Waals surface area contributed by atoms with Gasteiger partial charge in [0.15, 0.2) is 0 Å².